The minimum Gasteiger partial charge on any atom is -0.544 e. The lowest BCUT2D eigenvalue weighted by Gasteiger charge is -2.21. The second-order valence-electron chi connectivity index (χ2n) is 5.92. The summed E-state index contributed by atoms with van der Waals surface area (Å²) < 4.78 is 0. The molecule has 1 aromatic carbocycles. The van der Waals surface area contributed by atoms with Crippen molar-refractivity contribution in [2.45, 2.75) is 32.7 Å². The van der Waals surface area contributed by atoms with Crippen molar-refractivity contribution < 1.29 is 14.8 Å². The van der Waals surface area contributed by atoms with Crippen LogP contribution in [0.3, 0.4) is 0 Å². The van der Waals surface area contributed by atoms with E-state index < -0.39 is 5.97 Å². The highest BCUT2D eigenvalue weighted by Gasteiger charge is 2.14. The summed E-state index contributed by atoms with van der Waals surface area (Å²) in [6, 6.07) is 8.36. The fourth-order valence-electron chi connectivity index (χ4n) is 2.03. The first-order chi connectivity index (χ1) is 8.82. The van der Waals surface area contributed by atoms with Gasteiger partial charge in [0.25, 0.3) is 0 Å². The predicted molar refractivity (Wildman–Crippen MR) is 74.7 cm³/mol. The van der Waals surface area contributed by atoms with Crippen molar-refractivity contribution in [2.75, 3.05) is 13.1 Å². The van der Waals surface area contributed by atoms with E-state index in [1.807, 2.05) is 0 Å². The summed E-state index contributed by atoms with van der Waals surface area (Å²) in [4.78, 5) is 11.6. The van der Waals surface area contributed by atoms with Crippen LogP contribution in [0.2, 0.25) is 0 Å². The van der Waals surface area contributed by atoms with E-state index in [2.05, 4.69) is 51.6 Å². The third kappa shape index (κ3) is 5.26. The number of hydrogen-bond donors (Lipinski definition) is 1. The number of carbonyl (C=O) groups is 1. The van der Waals surface area contributed by atoms with E-state index in [0.29, 0.717) is 13.1 Å². The molecule has 0 saturated heterocycles. The lowest BCUT2D eigenvalue weighted by atomic mass is 9.87. The SMILES string of the molecule is C=CC[NH+](CC(=O)[O-])Cc1ccc(C(C)(C)C)cc1. The Hall–Kier alpha value is -1.61. The van der Waals surface area contributed by atoms with E-state index in [1.54, 1.807) is 6.08 Å². The molecule has 0 bridgehead atoms. The first-order valence-electron chi connectivity index (χ1n) is 6.56. The first kappa shape index (κ1) is 15.4. The zero-order valence-corrected chi connectivity index (χ0v) is 12.0. The van der Waals surface area contributed by atoms with Crippen molar-refractivity contribution in [1.82, 2.24) is 0 Å². The lowest BCUT2D eigenvalue weighted by molar-refractivity contribution is -0.902. The minimum atomic E-state index is -1.02. The molecule has 0 heterocycles. The summed E-state index contributed by atoms with van der Waals surface area (Å²) in [7, 11) is 0. The number of aliphatic carboxylic acids is 1. The fourth-order valence-corrected chi connectivity index (χ4v) is 2.03. The summed E-state index contributed by atoms with van der Waals surface area (Å²) in [5, 5.41) is 10.7. The Labute approximate surface area is 115 Å². The summed E-state index contributed by atoms with van der Waals surface area (Å²) in [6.07, 6.45) is 1.74. The van der Waals surface area contributed by atoms with E-state index in [1.165, 1.54) is 5.56 Å². The molecule has 19 heavy (non-hydrogen) atoms. The number of quaternary nitrogens is 1. The van der Waals surface area contributed by atoms with Gasteiger partial charge < -0.3 is 14.8 Å². The van der Waals surface area contributed by atoms with Crippen molar-refractivity contribution in [3.63, 3.8) is 0 Å². The number of rotatable bonds is 6. The largest absolute Gasteiger partial charge is 0.544 e. The summed E-state index contributed by atoms with van der Waals surface area (Å²) in [5.41, 5.74) is 2.55. The number of carboxylic acids is 1. The van der Waals surface area contributed by atoms with Crippen molar-refractivity contribution in [2.24, 2.45) is 0 Å². The predicted octanol–water partition coefficient (Wildman–Crippen LogP) is 0.305. The Bertz CT molecular complexity index is 429. The molecule has 1 atom stereocenters. The fraction of sp³-hybridized carbons (Fsp3) is 0.438. The van der Waals surface area contributed by atoms with Gasteiger partial charge in [0.1, 0.15) is 13.1 Å². The quantitative estimate of drug-likeness (QED) is 0.749. The van der Waals surface area contributed by atoms with Crippen LogP contribution in [0, 0.1) is 0 Å². The Morgan fingerprint density at radius 3 is 2.32 bits per heavy atom. The monoisotopic (exact) mass is 261 g/mol. The third-order valence-electron chi connectivity index (χ3n) is 3.10. The maximum absolute atomic E-state index is 10.7. The van der Waals surface area contributed by atoms with Crippen LogP contribution in [0.5, 0.6) is 0 Å². The third-order valence-corrected chi connectivity index (χ3v) is 3.10. The molecule has 1 N–H and O–H groups in total. The van der Waals surface area contributed by atoms with Gasteiger partial charge in [0, 0.05) is 5.56 Å². The average Bonchev–Trinajstić information content (AvgIpc) is 2.28. The molecule has 0 fully saturated rings. The Morgan fingerprint density at radius 1 is 1.32 bits per heavy atom. The van der Waals surface area contributed by atoms with Crippen molar-refractivity contribution in [1.29, 1.82) is 0 Å². The normalized spacial score (nSPS) is 13.0. The number of nitrogens with one attached hydrogen (secondary N) is 1. The van der Waals surface area contributed by atoms with Gasteiger partial charge >= 0.3 is 0 Å². The van der Waals surface area contributed by atoms with Gasteiger partial charge in [0.2, 0.25) is 0 Å². The number of carbonyl (C=O) groups excluding carboxylic acids is 1. The molecule has 3 nitrogen and oxygen atoms in total. The van der Waals surface area contributed by atoms with Gasteiger partial charge in [0.15, 0.2) is 0 Å². The van der Waals surface area contributed by atoms with Gasteiger partial charge in [-0.1, -0.05) is 51.6 Å². The van der Waals surface area contributed by atoms with E-state index in [-0.39, 0.29) is 12.0 Å². The topological polar surface area (TPSA) is 44.6 Å². The molecule has 1 rings (SSSR count). The average molecular weight is 261 g/mol. The number of benzene rings is 1. The van der Waals surface area contributed by atoms with E-state index in [4.69, 9.17) is 0 Å². The Morgan fingerprint density at radius 2 is 1.89 bits per heavy atom. The van der Waals surface area contributed by atoms with Crippen LogP contribution in [0.1, 0.15) is 31.9 Å². The van der Waals surface area contributed by atoms with Crippen molar-refractivity contribution >= 4 is 5.97 Å². The molecular formula is C16H23NO2. The molecule has 1 unspecified atom stereocenters. The number of carboxylic acid groups (broad SMARTS) is 1. The molecule has 104 valence electrons. The van der Waals surface area contributed by atoms with Crippen LogP contribution >= 0.6 is 0 Å². The summed E-state index contributed by atoms with van der Waals surface area (Å²) in [6.45, 7) is 11.5. The Kier molecular flexibility index (Phi) is 5.31. The molecule has 0 aromatic heterocycles. The van der Waals surface area contributed by atoms with Crippen LogP contribution in [-0.2, 0) is 16.8 Å². The molecule has 0 aliphatic rings. The van der Waals surface area contributed by atoms with Crippen LogP contribution in [0.25, 0.3) is 0 Å². The molecule has 0 saturated carbocycles. The molecule has 0 radical (unpaired) electrons. The molecule has 0 spiro atoms. The zero-order valence-electron chi connectivity index (χ0n) is 12.0. The molecule has 0 aliphatic carbocycles. The lowest BCUT2D eigenvalue weighted by Crippen LogP contribution is -3.11. The van der Waals surface area contributed by atoms with Gasteiger partial charge in [-0.25, -0.2) is 0 Å². The van der Waals surface area contributed by atoms with E-state index in [0.717, 1.165) is 10.5 Å². The standard InChI is InChI=1S/C16H23NO2/c1-5-10-17(12-15(18)19)11-13-6-8-14(9-7-13)16(2,3)4/h5-9H,1,10-12H2,2-4H3,(H,18,19). The maximum atomic E-state index is 10.7. The van der Waals surface area contributed by atoms with Crippen LogP contribution < -0.4 is 10.0 Å². The molecule has 0 aliphatic heterocycles. The highest BCUT2D eigenvalue weighted by molar-refractivity contribution is 5.65. The minimum absolute atomic E-state index is 0.00699. The van der Waals surface area contributed by atoms with Gasteiger partial charge in [-0.15, -0.1) is 0 Å². The van der Waals surface area contributed by atoms with Gasteiger partial charge in [-0.05, 0) is 17.1 Å². The zero-order chi connectivity index (χ0) is 14.5. The van der Waals surface area contributed by atoms with Crippen LogP contribution in [-0.4, -0.2) is 19.1 Å². The van der Waals surface area contributed by atoms with Gasteiger partial charge in [-0.3, -0.25) is 0 Å². The van der Waals surface area contributed by atoms with Gasteiger partial charge in [0.05, 0.1) is 12.5 Å². The summed E-state index contributed by atoms with van der Waals surface area (Å²) in [5.74, 6) is -1.02. The molecule has 0 amide bonds. The van der Waals surface area contributed by atoms with Gasteiger partial charge in [-0.2, -0.15) is 0 Å². The summed E-state index contributed by atoms with van der Waals surface area (Å²) >= 11 is 0. The second-order valence-corrected chi connectivity index (χ2v) is 5.92. The molecule has 3 heteroatoms. The molecule has 1 aromatic rings. The smallest absolute Gasteiger partial charge is 0.118 e. The Balaban J connectivity index is 2.74. The second kappa shape index (κ2) is 6.53. The maximum Gasteiger partial charge on any atom is 0.118 e. The first-order valence-corrected chi connectivity index (χ1v) is 6.56. The highest BCUT2D eigenvalue weighted by Crippen LogP contribution is 2.21. The van der Waals surface area contributed by atoms with E-state index in [9.17, 15) is 9.90 Å². The van der Waals surface area contributed by atoms with Crippen molar-refractivity contribution in [3.05, 3.63) is 48.0 Å². The molecular weight excluding hydrogens is 238 g/mol. The van der Waals surface area contributed by atoms with Crippen molar-refractivity contribution in [3.8, 4) is 0 Å². The van der Waals surface area contributed by atoms with E-state index >= 15 is 0 Å². The highest BCUT2D eigenvalue weighted by atomic mass is 16.4. The number of hydrogen-bond acceptors (Lipinski definition) is 2. The van der Waals surface area contributed by atoms with Crippen LogP contribution in [0.15, 0.2) is 36.9 Å². The van der Waals surface area contributed by atoms with Crippen LogP contribution in [0.4, 0.5) is 0 Å².